The van der Waals surface area contributed by atoms with Crippen LogP contribution >= 0.6 is 0 Å². The number of amides is 3. The molecule has 0 aliphatic carbocycles. The van der Waals surface area contributed by atoms with Crippen LogP contribution in [0.5, 0.6) is 0 Å². The summed E-state index contributed by atoms with van der Waals surface area (Å²) in [7, 11) is 0. The second kappa shape index (κ2) is 14.1. The lowest BCUT2D eigenvalue weighted by Crippen LogP contribution is -2.58. The Kier molecular flexibility index (Phi) is 11.9. The highest BCUT2D eigenvalue weighted by Gasteiger charge is 2.40. The van der Waals surface area contributed by atoms with Crippen molar-refractivity contribution in [2.24, 2.45) is 28.1 Å². The van der Waals surface area contributed by atoms with E-state index in [9.17, 15) is 29.1 Å². The molecule has 10 N–H and O–H groups in total. The summed E-state index contributed by atoms with van der Waals surface area (Å²) in [5.74, 6) is -4.98. The number of nitrogens with two attached hydrogens (primary N) is 3. The Morgan fingerprint density at radius 3 is 2.34 bits per heavy atom. The lowest BCUT2D eigenvalue weighted by Gasteiger charge is -2.32. The molecule has 1 aliphatic heterocycles. The van der Waals surface area contributed by atoms with E-state index >= 15 is 0 Å². The minimum absolute atomic E-state index is 0.0627. The number of rotatable bonds is 14. The van der Waals surface area contributed by atoms with Crippen LogP contribution in [0.15, 0.2) is 4.99 Å². The lowest BCUT2D eigenvalue weighted by molar-refractivity contribution is -0.148. The first-order valence-corrected chi connectivity index (χ1v) is 11.6. The Hall–Kier alpha value is -3.42. The molecular weight excluding hydrogens is 462 g/mol. The van der Waals surface area contributed by atoms with Crippen LogP contribution in [-0.4, -0.2) is 88.0 Å². The molecule has 1 saturated heterocycles. The van der Waals surface area contributed by atoms with Gasteiger partial charge >= 0.3 is 11.9 Å². The molecule has 0 radical (unpaired) electrons. The van der Waals surface area contributed by atoms with Crippen molar-refractivity contribution >= 4 is 35.6 Å². The maximum absolute atomic E-state index is 13.4. The molecular formula is C21H37N7O7. The van der Waals surface area contributed by atoms with Gasteiger partial charge in [-0.3, -0.25) is 24.2 Å². The van der Waals surface area contributed by atoms with Crippen LogP contribution in [0.3, 0.4) is 0 Å². The summed E-state index contributed by atoms with van der Waals surface area (Å²) in [5, 5.41) is 23.0. The van der Waals surface area contributed by atoms with E-state index in [1.807, 2.05) is 6.92 Å². The molecule has 1 rings (SSSR count). The number of nitrogens with one attached hydrogen (secondary N) is 2. The first kappa shape index (κ1) is 29.6. The Labute approximate surface area is 203 Å². The van der Waals surface area contributed by atoms with Crippen molar-refractivity contribution in [3.63, 3.8) is 0 Å². The zero-order chi connectivity index (χ0) is 26.7. The van der Waals surface area contributed by atoms with Gasteiger partial charge in [-0.15, -0.1) is 0 Å². The quantitative estimate of drug-likeness (QED) is 0.0781. The van der Waals surface area contributed by atoms with Crippen molar-refractivity contribution in [1.82, 2.24) is 15.5 Å². The SMILES string of the molecule is CCC(C)C(NC(=O)C(N)CCCN=C(N)N)C(=O)N1CCCC1C(=O)NC(CC(=O)O)C(=O)O. The number of guanidine groups is 1. The van der Waals surface area contributed by atoms with Gasteiger partial charge in [0.1, 0.15) is 18.1 Å². The van der Waals surface area contributed by atoms with Crippen LogP contribution in [-0.2, 0) is 24.0 Å². The second-order valence-corrected chi connectivity index (χ2v) is 8.61. The van der Waals surface area contributed by atoms with Crippen molar-refractivity contribution in [2.45, 2.75) is 76.5 Å². The summed E-state index contributed by atoms with van der Waals surface area (Å²) in [6, 6.07) is -4.44. The van der Waals surface area contributed by atoms with Crippen molar-refractivity contribution < 1.29 is 34.2 Å². The van der Waals surface area contributed by atoms with E-state index in [4.69, 9.17) is 22.3 Å². The number of hydrogen-bond acceptors (Lipinski definition) is 7. The molecule has 0 aromatic heterocycles. The monoisotopic (exact) mass is 499 g/mol. The fourth-order valence-corrected chi connectivity index (χ4v) is 3.72. The third kappa shape index (κ3) is 9.39. The number of nitrogens with zero attached hydrogens (tertiary/aromatic N) is 2. The number of carboxylic acids is 2. The smallest absolute Gasteiger partial charge is 0.326 e. The molecule has 14 nitrogen and oxygen atoms in total. The zero-order valence-electron chi connectivity index (χ0n) is 20.1. The highest BCUT2D eigenvalue weighted by Crippen LogP contribution is 2.22. The predicted molar refractivity (Wildman–Crippen MR) is 126 cm³/mol. The van der Waals surface area contributed by atoms with Crippen molar-refractivity contribution in [1.29, 1.82) is 0 Å². The minimum Gasteiger partial charge on any atom is -0.481 e. The molecule has 35 heavy (non-hydrogen) atoms. The largest absolute Gasteiger partial charge is 0.481 e. The maximum atomic E-state index is 13.4. The van der Waals surface area contributed by atoms with E-state index < -0.39 is 60.2 Å². The van der Waals surface area contributed by atoms with E-state index in [1.165, 1.54) is 4.90 Å². The molecule has 1 heterocycles. The van der Waals surface area contributed by atoms with Crippen molar-refractivity contribution in [3.05, 3.63) is 0 Å². The van der Waals surface area contributed by atoms with Gasteiger partial charge in [0.15, 0.2) is 5.96 Å². The average molecular weight is 500 g/mol. The number of carbonyl (C=O) groups is 5. The standard InChI is InChI=1S/C21H37N7O7/c1-3-11(2)16(27-17(31)12(22)6-4-8-25-21(23)24)19(33)28-9-5-7-14(28)18(32)26-13(20(34)35)10-15(29)30/h11-14,16H,3-10,22H2,1-2H3,(H,26,32)(H,27,31)(H,29,30)(H,34,35)(H4,23,24,25). The van der Waals surface area contributed by atoms with Gasteiger partial charge in [0.25, 0.3) is 0 Å². The van der Waals surface area contributed by atoms with Crippen molar-refractivity contribution in [3.8, 4) is 0 Å². The van der Waals surface area contributed by atoms with Gasteiger partial charge in [-0.05, 0) is 31.6 Å². The third-order valence-corrected chi connectivity index (χ3v) is 5.91. The van der Waals surface area contributed by atoms with Crippen LogP contribution in [0, 0.1) is 5.92 Å². The van der Waals surface area contributed by atoms with Crippen LogP contribution in [0.2, 0.25) is 0 Å². The Bertz CT molecular complexity index is 816. The highest BCUT2D eigenvalue weighted by molar-refractivity contribution is 5.95. The fourth-order valence-electron chi connectivity index (χ4n) is 3.72. The van der Waals surface area contributed by atoms with Crippen LogP contribution < -0.4 is 27.8 Å². The zero-order valence-corrected chi connectivity index (χ0v) is 20.1. The number of hydrogen-bond donors (Lipinski definition) is 7. The maximum Gasteiger partial charge on any atom is 0.326 e. The average Bonchev–Trinajstić information content (AvgIpc) is 3.28. The van der Waals surface area contributed by atoms with Gasteiger partial charge < -0.3 is 42.9 Å². The summed E-state index contributed by atoms with van der Waals surface area (Å²) in [4.78, 5) is 66.2. The minimum atomic E-state index is -1.63. The van der Waals surface area contributed by atoms with E-state index in [0.29, 0.717) is 32.2 Å². The Morgan fingerprint density at radius 2 is 1.80 bits per heavy atom. The number of carboxylic acid groups (broad SMARTS) is 2. The van der Waals surface area contributed by atoms with Gasteiger partial charge in [-0.2, -0.15) is 0 Å². The van der Waals surface area contributed by atoms with Crippen LogP contribution in [0.1, 0.15) is 52.4 Å². The molecule has 1 fully saturated rings. The second-order valence-electron chi connectivity index (χ2n) is 8.61. The summed E-state index contributed by atoms with van der Waals surface area (Å²) < 4.78 is 0. The third-order valence-electron chi connectivity index (χ3n) is 5.91. The number of likely N-dealkylation sites (tertiary alicyclic amines) is 1. The molecule has 0 aromatic rings. The summed E-state index contributed by atoms with van der Waals surface area (Å²) >= 11 is 0. The molecule has 0 spiro atoms. The Balaban J connectivity index is 2.90. The molecule has 14 heteroatoms. The van der Waals surface area contributed by atoms with Gasteiger partial charge in [0.2, 0.25) is 17.7 Å². The summed E-state index contributed by atoms with van der Waals surface area (Å²) in [5.41, 5.74) is 16.5. The number of carbonyl (C=O) groups excluding carboxylic acids is 3. The van der Waals surface area contributed by atoms with E-state index in [1.54, 1.807) is 6.92 Å². The van der Waals surface area contributed by atoms with Gasteiger partial charge in [0, 0.05) is 13.1 Å². The number of aliphatic imine (C=N–C) groups is 1. The molecule has 0 bridgehead atoms. The summed E-state index contributed by atoms with van der Waals surface area (Å²) in [6.45, 7) is 4.18. The normalized spacial score (nSPS) is 18.6. The topological polar surface area (TPSA) is 244 Å². The Morgan fingerprint density at radius 1 is 1.14 bits per heavy atom. The van der Waals surface area contributed by atoms with Crippen molar-refractivity contribution in [2.75, 3.05) is 13.1 Å². The van der Waals surface area contributed by atoms with Crippen LogP contribution in [0.25, 0.3) is 0 Å². The molecule has 0 saturated carbocycles. The van der Waals surface area contributed by atoms with Crippen LogP contribution in [0.4, 0.5) is 0 Å². The molecule has 3 amide bonds. The lowest BCUT2D eigenvalue weighted by atomic mass is 9.96. The van der Waals surface area contributed by atoms with Gasteiger partial charge in [-0.25, -0.2) is 4.79 Å². The molecule has 5 unspecified atom stereocenters. The molecule has 0 aromatic carbocycles. The predicted octanol–water partition coefficient (Wildman–Crippen LogP) is -2.07. The van der Waals surface area contributed by atoms with Gasteiger partial charge in [-0.1, -0.05) is 20.3 Å². The van der Waals surface area contributed by atoms with Gasteiger partial charge in [0.05, 0.1) is 12.5 Å². The van der Waals surface area contributed by atoms with E-state index in [-0.39, 0.29) is 24.8 Å². The fraction of sp³-hybridized carbons (Fsp3) is 0.714. The highest BCUT2D eigenvalue weighted by atomic mass is 16.4. The van der Waals surface area contributed by atoms with E-state index in [0.717, 1.165) is 0 Å². The molecule has 198 valence electrons. The number of aliphatic carboxylic acids is 2. The first-order valence-electron chi connectivity index (χ1n) is 11.6. The molecule has 1 aliphatic rings. The summed E-state index contributed by atoms with van der Waals surface area (Å²) in [6.07, 6.45) is 1.28. The first-order chi connectivity index (χ1) is 16.4. The molecule has 5 atom stereocenters. The van der Waals surface area contributed by atoms with E-state index in [2.05, 4.69) is 15.6 Å².